The molecule has 0 atom stereocenters. The third-order valence-corrected chi connectivity index (χ3v) is 4.62. The van der Waals surface area contributed by atoms with Gasteiger partial charge in [-0.1, -0.05) is 23.7 Å². The van der Waals surface area contributed by atoms with Crippen LogP contribution >= 0.6 is 11.6 Å². The predicted octanol–water partition coefficient (Wildman–Crippen LogP) is 3.46. The minimum Gasteiger partial charge on any atom is -0.342 e. The first kappa shape index (κ1) is 17.3. The molecule has 0 heterocycles. The number of nitrogens with zero attached hydrogens (tertiary/aromatic N) is 2. The first-order valence-corrected chi connectivity index (χ1v) is 8.56. The van der Waals surface area contributed by atoms with Gasteiger partial charge in [0.05, 0.1) is 6.54 Å². The van der Waals surface area contributed by atoms with Crippen molar-refractivity contribution in [2.24, 2.45) is 5.92 Å². The van der Waals surface area contributed by atoms with Crippen molar-refractivity contribution >= 4 is 17.5 Å². The predicted molar refractivity (Wildman–Crippen MR) is 92.2 cm³/mol. The molecular formula is C18H27ClN2O. The second-order valence-corrected chi connectivity index (χ2v) is 7.09. The van der Waals surface area contributed by atoms with Crippen LogP contribution in [-0.2, 0) is 11.2 Å². The zero-order chi connectivity index (χ0) is 16.1. The average Bonchev–Trinajstić information content (AvgIpc) is 3.29. The van der Waals surface area contributed by atoms with E-state index in [1.807, 2.05) is 24.1 Å². The van der Waals surface area contributed by atoms with Crippen molar-refractivity contribution in [2.75, 3.05) is 26.7 Å². The molecule has 1 fully saturated rings. The standard InChI is InChI=1S/C18H27ClN2O/c1-14(2)20(3)18(22)13-21(12-16-4-5-16)11-10-15-6-8-17(19)9-7-15/h6-9,14,16H,4-5,10-13H2,1-3H3. The molecule has 0 unspecified atom stereocenters. The number of hydrogen-bond donors (Lipinski definition) is 0. The molecule has 122 valence electrons. The topological polar surface area (TPSA) is 23.6 Å². The second-order valence-electron chi connectivity index (χ2n) is 6.65. The van der Waals surface area contributed by atoms with E-state index in [0.717, 1.165) is 30.5 Å². The van der Waals surface area contributed by atoms with Gasteiger partial charge in [-0.15, -0.1) is 0 Å². The zero-order valence-electron chi connectivity index (χ0n) is 13.9. The number of halogens is 1. The maximum Gasteiger partial charge on any atom is 0.236 e. The van der Waals surface area contributed by atoms with Gasteiger partial charge < -0.3 is 4.90 Å². The highest BCUT2D eigenvalue weighted by atomic mass is 35.5. The van der Waals surface area contributed by atoms with Gasteiger partial charge in [0.2, 0.25) is 5.91 Å². The van der Waals surface area contributed by atoms with E-state index in [4.69, 9.17) is 11.6 Å². The van der Waals surface area contributed by atoms with Crippen molar-refractivity contribution < 1.29 is 4.79 Å². The lowest BCUT2D eigenvalue weighted by Gasteiger charge is -2.27. The number of rotatable bonds is 8. The SMILES string of the molecule is CC(C)N(C)C(=O)CN(CCc1ccc(Cl)cc1)CC1CC1. The van der Waals surface area contributed by atoms with Crippen LogP contribution in [-0.4, -0.2) is 48.4 Å². The fourth-order valence-electron chi connectivity index (χ4n) is 2.43. The molecule has 0 spiro atoms. The Balaban J connectivity index is 1.88. The van der Waals surface area contributed by atoms with E-state index in [1.165, 1.54) is 18.4 Å². The van der Waals surface area contributed by atoms with Gasteiger partial charge in [0, 0.05) is 31.2 Å². The lowest BCUT2D eigenvalue weighted by Crippen LogP contribution is -2.42. The Labute approximate surface area is 139 Å². The molecule has 2 rings (SSSR count). The van der Waals surface area contributed by atoms with Crippen molar-refractivity contribution in [1.82, 2.24) is 9.80 Å². The number of benzene rings is 1. The van der Waals surface area contributed by atoms with Gasteiger partial charge >= 0.3 is 0 Å². The smallest absolute Gasteiger partial charge is 0.236 e. The Bertz CT molecular complexity index is 482. The summed E-state index contributed by atoms with van der Waals surface area (Å²) in [5, 5.41) is 0.771. The summed E-state index contributed by atoms with van der Waals surface area (Å²) in [5.74, 6) is 1.01. The Kier molecular flexibility index (Phi) is 6.27. The molecule has 0 bridgehead atoms. The summed E-state index contributed by atoms with van der Waals surface area (Å²) in [5.41, 5.74) is 1.27. The normalized spacial score (nSPS) is 14.6. The molecule has 1 saturated carbocycles. The van der Waals surface area contributed by atoms with Crippen LogP contribution in [0.5, 0.6) is 0 Å². The van der Waals surface area contributed by atoms with Gasteiger partial charge in [0.15, 0.2) is 0 Å². The van der Waals surface area contributed by atoms with E-state index in [0.29, 0.717) is 6.54 Å². The fourth-order valence-corrected chi connectivity index (χ4v) is 2.56. The molecule has 1 aliphatic carbocycles. The summed E-state index contributed by atoms with van der Waals surface area (Å²) in [4.78, 5) is 16.5. The number of carbonyl (C=O) groups excluding carboxylic acids is 1. The van der Waals surface area contributed by atoms with Crippen LogP contribution in [0.2, 0.25) is 5.02 Å². The summed E-state index contributed by atoms with van der Waals surface area (Å²) < 4.78 is 0. The largest absolute Gasteiger partial charge is 0.342 e. The Morgan fingerprint density at radius 2 is 1.91 bits per heavy atom. The molecular weight excluding hydrogens is 296 g/mol. The molecule has 4 heteroatoms. The summed E-state index contributed by atoms with van der Waals surface area (Å²) in [6, 6.07) is 8.26. The number of carbonyl (C=O) groups is 1. The van der Waals surface area contributed by atoms with E-state index in [2.05, 4.69) is 30.9 Å². The Morgan fingerprint density at radius 3 is 2.45 bits per heavy atom. The number of hydrogen-bond acceptors (Lipinski definition) is 2. The highest BCUT2D eigenvalue weighted by Gasteiger charge is 2.26. The molecule has 0 N–H and O–H groups in total. The molecule has 0 saturated heterocycles. The van der Waals surface area contributed by atoms with Crippen LogP contribution in [0, 0.1) is 5.92 Å². The maximum absolute atomic E-state index is 12.3. The zero-order valence-corrected chi connectivity index (χ0v) is 14.6. The fraction of sp³-hybridized carbons (Fsp3) is 0.611. The first-order chi connectivity index (χ1) is 10.5. The third-order valence-electron chi connectivity index (χ3n) is 4.37. The van der Waals surface area contributed by atoms with Gasteiger partial charge in [-0.05, 0) is 56.7 Å². The van der Waals surface area contributed by atoms with Crippen LogP contribution in [0.4, 0.5) is 0 Å². The number of amides is 1. The maximum atomic E-state index is 12.3. The van der Waals surface area contributed by atoms with E-state index in [-0.39, 0.29) is 11.9 Å². The highest BCUT2D eigenvalue weighted by molar-refractivity contribution is 6.30. The van der Waals surface area contributed by atoms with E-state index >= 15 is 0 Å². The van der Waals surface area contributed by atoms with Crippen LogP contribution in [0.15, 0.2) is 24.3 Å². The molecule has 1 aliphatic rings. The summed E-state index contributed by atoms with van der Waals surface area (Å²) in [6.07, 6.45) is 3.58. The number of likely N-dealkylation sites (N-methyl/N-ethyl adjacent to an activating group) is 1. The van der Waals surface area contributed by atoms with Crippen LogP contribution in [0.25, 0.3) is 0 Å². The van der Waals surface area contributed by atoms with Gasteiger partial charge in [-0.25, -0.2) is 0 Å². The Morgan fingerprint density at radius 1 is 1.27 bits per heavy atom. The minimum atomic E-state index is 0.215. The van der Waals surface area contributed by atoms with E-state index in [1.54, 1.807) is 0 Å². The van der Waals surface area contributed by atoms with Crippen molar-refractivity contribution in [3.8, 4) is 0 Å². The van der Waals surface area contributed by atoms with Crippen molar-refractivity contribution in [3.63, 3.8) is 0 Å². The highest BCUT2D eigenvalue weighted by Crippen LogP contribution is 2.29. The average molecular weight is 323 g/mol. The van der Waals surface area contributed by atoms with Crippen LogP contribution in [0.3, 0.4) is 0 Å². The molecule has 0 radical (unpaired) electrons. The van der Waals surface area contributed by atoms with Crippen LogP contribution < -0.4 is 0 Å². The lowest BCUT2D eigenvalue weighted by atomic mass is 10.1. The minimum absolute atomic E-state index is 0.215. The van der Waals surface area contributed by atoms with Gasteiger partial charge in [-0.3, -0.25) is 9.69 Å². The van der Waals surface area contributed by atoms with E-state index in [9.17, 15) is 4.79 Å². The quantitative estimate of drug-likeness (QED) is 0.731. The summed E-state index contributed by atoms with van der Waals surface area (Å²) in [7, 11) is 1.89. The van der Waals surface area contributed by atoms with Crippen molar-refractivity contribution in [1.29, 1.82) is 0 Å². The summed E-state index contributed by atoms with van der Waals surface area (Å²) >= 11 is 5.92. The van der Waals surface area contributed by atoms with Gasteiger partial charge in [0.1, 0.15) is 0 Å². The molecule has 0 aromatic heterocycles. The molecule has 22 heavy (non-hydrogen) atoms. The molecule has 3 nitrogen and oxygen atoms in total. The second kappa shape index (κ2) is 7.98. The van der Waals surface area contributed by atoms with E-state index < -0.39 is 0 Å². The molecule has 0 aliphatic heterocycles. The summed E-state index contributed by atoms with van der Waals surface area (Å²) in [6.45, 7) is 6.60. The monoisotopic (exact) mass is 322 g/mol. The van der Waals surface area contributed by atoms with Crippen molar-refractivity contribution in [3.05, 3.63) is 34.9 Å². The molecule has 1 aromatic rings. The molecule has 1 aromatic carbocycles. The van der Waals surface area contributed by atoms with Gasteiger partial charge in [-0.2, -0.15) is 0 Å². The Hall–Kier alpha value is -1.06. The lowest BCUT2D eigenvalue weighted by molar-refractivity contribution is -0.132. The van der Waals surface area contributed by atoms with Gasteiger partial charge in [0.25, 0.3) is 0 Å². The molecule has 1 amide bonds. The third kappa shape index (κ3) is 5.62. The van der Waals surface area contributed by atoms with Crippen LogP contribution in [0.1, 0.15) is 32.3 Å². The first-order valence-electron chi connectivity index (χ1n) is 8.18. The van der Waals surface area contributed by atoms with Crippen molar-refractivity contribution in [2.45, 2.75) is 39.2 Å².